The smallest absolute Gasteiger partial charge is 0.110 e. The second-order valence-corrected chi connectivity index (χ2v) is 5.68. The van der Waals surface area contributed by atoms with Gasteiger partial charge < -0.3 is 15.8 Å². The van der Waals surface area contributed by atoms with E-state index in [-0.39, 0.29) is 6.04 Å². The van der Waals surface area contributed by atoms with Crippen molar-refractivity contribution in [1.82, 2.24) is 9.97 Å². The zero-order valence-corrected chi connectivity index (χ0v) is 11.3. The minimum atomic E-state index is -0.623. The van der Waals surface area contributed by atoms with Crippen LogP contribution in [0.25, 0.3) is 11.0 Å². The molecule has 4 nitrogen and oxygen atoms in total. The highest BCUT2D eigenvalue weighted by atomic mass is 16.3. The van der Waals surface area contributed by atoms with E-state index in [1.54, 1.807) is 0 Å². The molecule has 0 radical (unpaired) electrons. The van der Waals surface area contributed by atoms with Gasteiger partial charge in [-0.05, 0) is 37.5 Å². The van der Waals surface area contributed by atoms with Crippen LogP contribution in [0, 0.1) is 0 Å². The van der Waals surface area contributed by atoms with E-state index < -0.39 is 6.10 Å². The molecular formula is C15H21N3O. The number of aromatic nitrogens is 2. The maximum absolute atomic E-state index is 10.0. The number of aliphatic hydroxyl groups is 1. The Morgan fingerprint density at radius 1 is 1.37 bits per heavy atom. The third kappa shape index (κ3) is 2.38. The largest absolute Gasteiger partial charge is 0.387 e. The minimum absolute atomic E-state index is 0.269. The summed E-state index contributed by atoms with van der Waals surface area (Å²) in [6, 6.07) is 5.57. The maximum atomic E-state index is 10.0. The first-order valence-electron chi connectivity index (χ1n) is 7.08. The quantitative estimate of drug-likeness (QED) is 0.793. The second kappa shape index (κ2) is 4.94. The molecule has 2 unspecified atom stereocenters. The van der Waals surface area contributed by atoms with Gasteiger partial charge in [0.1, 0.15) is 5.82 Å². The zero-order valence-electron chi connectivity index (χ0n) is 11.3. The van der Waals surface area contributed by atoms with Crippen molar-refractivity contribution in [3.8, 4) is 0 Å². The first kappa shape index (κ1) is 12.6. The van der Waals surface area contributed by atoms with Gasteiger partial charge in [0.15, 0.2) is 0 Å². The molecule has 0 amide bonds. The van der Waals surface area contributed by atoms with Crippen molar-refractivity contribution < 1.29 is 5.11 Å². The number of imidazole rings is 1. The molecule has 0 saturated heterocycles. The fourth-order valence-electron chi connectivity index (χ4n) is 2.93. The van der Waals surface area contributed by atoms with E-state index in [1.165, 1.54) is 25.7 Å². The van der Waals surface area contributed by atoms with Crippen LogP contribution in [0.15, 0.2) is 18.2 Å². The van der Waals surface area contributed by atoms with Crippen LogP contribution >= 0.6 is 0 Å². The summed E-state index contributed by atoms with van der Waals surface area (Å²) in [5.41, 5.74) is 8.57. The van der Waals surface area contributed by atoms with Crippen molar-refractivity contribution in [2.24, 2.45) is 5.73 Å². The lowest BCUT2D eigenvalue weighted by Crippen LogP contribution is -2.24. The highest BCUT2D eigenvalue weighted by molar-refractivity contribution is 5.76. The molecule has 1 fully saturated rings. The fourth-order valence-corrected chi connectivity index (χ4v) is 2.93. The summed E-state index contributed by atoms with van der Waals surface area (Å²) in [6.45, 7) is 1.81. The monoisotopic (exact) mass is 259 g/mol. The number of nitrogens with zero attached hydrogens (tertiary/aromatic N) is 1. The molecule has 4 N–H and O–H groups in total. The Morgan fingerprint density at radius 2 is 2.11 bits per heavy atom. The van der Waals surface area contributed by atoms with Crippen LogP contribution in [0.4, 0.5) is 0 Å². The number of H-pyrrole nitrogens is 1. The molecule has 2 aromatic rings. The summed E-state index contributed by atoms with van der Waals surface area (Å²) >= 11 is 0. The predicted octanol–water partition coefficient (Wildman–Crippen LogP) is 2.60. The molecule has 0 bridgehead atoms. The molecule has 1 heterocycles. The molecule has 19 heavy (non-hydrogen) atoms. The zero-order chi connectivity index (χ0) is 13.4. The number of aromatic amines is 1. The normalized spacial score (nSPS) is 19.9. The van der Waals surface area contributed by atoms with E-state index in [2.05, 4.69) is 9.97 Å². The van der Waals surface area contributed by atoms with Crippen molar-refractivity contribution in [3.63, 3.8) is 0 Å². The molecule has 1 aromatic carbocycles. The first-order chi connectivity index (χ1) is 9.15. The summed E-state index contributed by atoms with van der Waals surface area (Å²) in [6.07, 6.45) is 4.44. The minimum Gasteiger partial charge on any atom is -0.387 e. The molecule has 3 rings (SSSR count). The van der Waals surface area contributed by atoms with Crippen molar-refractivity contribution in [3.05, 3.63) is 29.6 Å². The summed E-state index contributed by atoms with van der Waals surface area (Å²) < 4.78 is 0. The molecule has 2 atom stereocenters. The van der Waals surface area contributed by atoms with Crippen LogP contribution in [-0.2, 0) is 0 Å². The number of hydrogen-bond donors (Lipinski definition) is 3. The van der Waals surface area contributed by atoms with Gasteiger partial charge in [0, 0.05) is 12.0 Å². The molecule has 1 aliphatic rings. The van der Waals surface area contributed by atoms with Crippen molar-refractivity contribution >= 4 is 11.0 Å². The van der Waals surface area contributed by atoms with Crippen LogP contribution in [0.3, 0.4) is 0 Å². The van der Waals surface area contributed by atoms with Gasteiger partial charge in [0.2, 0.25) is 0 Å². The molecular weight excluding hydrogens is 238 g/mol. The van der Waals surface area contributed by atoms with Gasteiger partial charge in [-0.3, -0.25) is 0 Å². The lowest BCUT2D eigenvalue weighted by atomic mass is 10.0. The molecule has 4 heteroatoms. The van der Waals surface area contributed by atoms with Gasteiger partial charge >= 0.3 is 0 Å². The van der Waals surface area contributed by atoms with Gasteiger partial charge in [-0.2, -0.15) is 0 Å². The van der Waals surface area contributed by atoms with Crippen LogP contribution in [0.1, 0.15) is 56.0 Å². The average molecular weight is 259 g/mol. The molecule has 1 aliphatic carbocycles. The third-order valence-electron chi connectivity index (χ3n) is 4.11. The van der Waals surface area contributed by atoms with Crippen LogP contribution in [0.2, 0.25) is 0 Å². The van der Waals surface area contributed by atoms with E-state index in [4.69, 9.17) is 5.73 Å². The number of aliphatic hydroxyl groups excluding tert-OH is 1. The first-order valence-corrected chi connectivity index (χ1v) is 7.08. The van der Waals surface area contributed by atoms with Crippen molar-refractivity contribution in [2.75, 3.05) is 0 Å². The van der Waals surface area contributed by atoms with E-state index in [9.17, 15) is 5.11 Å². The molecule has 1 aromatic heterocycles. The van der Waals surface area contributed by atoms with Crippen LogP contribution in [-0.4, -0.2) is 21.1 Å². The van der Waals surface area contributed by atoms with Crippen LogP contribution in [0.5, 0.6) is 0 Å². The molecule has 1 saturated carbocycles. The number of nitrogens with one attached hydrogen (secondary N) is 1. The summed E-state index contributed by atoms with van der Waals surface area (Å²) in [4.78, 5) is 8.08. The fraction of sp³-hybridized carbons (Fsp3) is 0.533. The van der Waals surface area contributed by atoms with Gasteiger partial charge in [-0.25, -0.2) is 4.98 Å². The standard InChI is InChI=1S/C15H21N3O/c1-9(16)14(19)11-6-7-12-13(8-11)18-15(17-12)10-4-2-3-5-10/h6-10,14,19H,2-5,16H2,1H3,(H,17,18). The van der Waals surface area contributed by atoms with Crippen molar-refractivity contribution in [2.45, 2.75) is 50.7 Å². The summed E-state index contributed by atoms with van der Waals surface area (Å²) in [5, 5.41) is 10.0. The second-order valence-electron chi connectivity index (χ2n) is 5.68. The number of benzene rings is 1. The number of fused-ring (bicyclic) bond motifs is 1. The molecule has 0 spiro atoms. The topological polar surface area (TPSA) is 74.9 Å². The number of hydrogen-bond acceptors (Lipinski definition) is 3. The Hall–Kier alpha value is -1.39. The molecule has 102 valence electrons. The Bertz CT molecular complexity index is 570. The van der Waals surface area contributed by atoms with Crippen molar-refractivity contribution in [1.29, 1.82) is 0 Å². The van der Waals surface area contributed by atoms with E-state index >= 15 is 0 Å². The molecule has 0 aliphatic heterocycles. The highest BCUT2D eigenvalue weighted by Crippen LogP contribution is 2.33. The highest BCUT2D eigenvalue weighted by Gasteiger charge is 2.21. The van der Waals surface area contributed by atoms with E-state index in [0.29, 0.717) is 5.92 Å². The SMILES string of the molecule is CC(N)C(O)c1ccc2nc(C3CCCC3)[nH]c2c1. The van der Waals surface area contributed by atoms with E-state index in [1.807, 2.05) is 25.1 Å². The van der Waals surface area contributed by atoms with Gasteiger partial charge in [-0.1, -0.05) is 18.9 Å². The van der Waals surface area contributed by atoms with Gasteiger partial charge in [0.25, 0.3) is 0 Å². The van der Waals surface area contributed by atoms with Gasteiger partial charge in [-0.15, -0.1) is 0 Å². The lowest BCUT2D eigenvalue weighted by Gasteiger charge is -2.14. The Kier molecular flexibility index (Phi) is 3.29. The maximum Gasteiger partial charge on any atom is 0.110 e. The number of nitrogens with two attached hydrogens (primary N) is 1. The summed E-state index contributed by atoms with van der Waals surface area (Å²) in [5.74, 6) is 1.68. The van der Waals surface area contributed by atoms with E-state index in [0.717, 1.165) is 22.4 Å². The Balaban J connectivity index is 1.94. The summed E-state index contributed by atoms with van der Waals surface area (Å²) in [7, 11) is 0. The third-order valence-corrected chi connectivity index (χ3v) is 4.11. The predicted molar refractivity (Wildman–Crippen MR) is 75.9 cm³/mol. The number of rotatable bonds is 3. The lowest BCUT2D eigenvalue weighted by molar-refractivity contribution is 0.153. The van der Waals surface area contributed by atoms with Crippen LogP contribution < -0.4 is 5.73 Å². The average Bonchev–Trinajstić information content (AvgIpc) is 3.05. The Labute approximate surface area is 113 Å². The van der Waals surface area contributed by atoms with Gasteiger partial charge in [0.05, 0.1) is 17.1 Å². The Morgan fingerprint density at radius 3 is 2.79 bits per heavy atom.